The van der Waals surface area contributed by atoms with Gasteiger partial charge in [0.05, 0.1) is 17.6 Å². The van der Waals surface area contributed by atoms with Crippen LogP contribution >= 0.6 is 0 Å². The Bertz CT molecular complexity index is 550. The van der Waals surface area contributed by atoms with Crippen LogP contribution in [0.5, 0.6) is 0 Å². The first-order chi connectivity index (χ1) is 9.00. The van der Waals surface area contributed by atoms with Crippen molar-refractivity contribution in [2.75, 3.05) is 0 Å². The number of hydrogen-bond acceptors (Lipinski definition) is 1. The van der Waals surface area contributed by atoms with Crippen LogP contribution in [0.1, 0.15) is 23.5 Å². The van der Waals surface area contributed by atoms with Gasteiger partial charge < -0.3 is 0 Å². The average molecular weight is 263 g/mol. The number of hydrogen-bond donors (Lipinski definition) is 0. The molecule has 19 heavy (non-hydrogen) atoms. The van der Waals surface area contributed by atoms with E-state index in [-0.39, 0.29) is 17.8 Å². The Morgan fingerprint density at radius 3 is 2.26 bits per heavy atom. The van der Waals surface area contributed by atoms with Crippen molar-refractivity contribution in [1.29, 1.82) is 5.26 Å². The Morgan fingerprint density at radius 2 is 1.68 bits per heavy atom. The summed E-state index contributed by atoms with van der Waals surface area (Å²) in [6.07, 6.45) is 0.811. The molecule has 1 fully saturated rings. The fraction of sp³-hybridized carbons (Fsp3) is 0.400. The predicted molar refractivity (Wildman–Crippen MR) is 64.0 cm³/mol. The highest BCUT2D eigenvalue weighted by Gasteiger charge is 2.45. The highest BCUT2D eigenvalue weighted by atomic mass is 19.4. The third kappa shape index (κ3) is 1.94. The Hall–Kier alpha value is -1.76. The predicted octanol–water partition coefficient (Wildman–Crippen LogP) is 4.13. The van der Waals surface area contributed by atoms with Crippen LogP contribution in [0, 0.1) is 29.1 Å². The van der Waals surface area contributed by atoms with Crippen molar-refractivity contribution >= 4 is 0 Å². The van der Waals surface area contributed by atoms with Crippen molar-refractivity contribution in [3.8, 4) is 6.07 Å². The van der Waals surface area contributed by atoms with Gasteiger partial charge in [-0.3, -0.25) is 0 Å². The summed E-state index contributed by atoms with van der Waals surface area (Å²) in [5, 5.41) is 9.24. The van der Waals surface area contributed by atoms with Gasteiger partial charge in [-0.2, -0.15) is 18.4 Å². The third-order valence-electron chi connectivity index (χ3n) is 4.23. The Labute approximate surface area is 109 Å². The van der Waals surface area contributed by atoms with E-state index in [4.69, 9.17) is 0 Å². The van der Waals surface area contributed by atoms with Gasteiger partial charge in [-0.05, 0) is 36.0 Å². The maximum absolute atomic E-state index is 12.5. The van der Waals surface area contributed by atoms with Crippen LogP contribution in [0.4, 0.5) is 13.2 Å². The van der Waals surface area contributed by atoms with E-state index in [1.54, 1.807) is 0 Å². The van der Waals surface area contributed by atoms with Crippen LogP contribution in [-0.2, 0) is 6.18 Å². The van der Waals surface area contributed by atoms with Gasteiger partial charge in [0.15, 0.2) is 0 Å². The average Bonchev–Trinajstić information content (AvgIpc) is 2.97. The molecule has 2 bridgehead atoms. The largest absolute Gasteiger partial charge is 0.416 e. The molecule has 0 saturated heterocycles. The summed E-state index contributed by atoms with van der Waals surface area (Å²) in [4.78, 5) is 0. The molecule has 1 nitrogen and oxygen atoms in total. The maximum atomic E-state index is 12.5. The molecule has 1 saturated carbocycles. The van der Waals surface area contributed by atoms with E-state index in [1.807, 2.05) is 0 Å². The molecule has 0 amide bonds. The van der Waals surface area contributed by atoms with Gasteiger partial charge in [-0.25, -0.2) is 0 Å². The first kappa shape index (κ1) is 12.3. The lowest BCUT2D eigenvalue weighted by Crippen LogP contribution is -2.16. The molecular formula is C15H12F3N. The van der Waals surface area contributed by atoms with Gasteiger partial charge in [0.25, 0.3) is 0 Å². The molecule has 98 valence electrons. The van der Waals surface area contributed by atoms with E-state index in [1.165, 1.54) is 12.1 Å². The van der Waals surface area contributed by atoms with Crippen LogP contribution in [0.3, 0.4) is 0 Å². The minimum absolute atomic E-state index is 0.0438. The first-order valence-electron chi connectivity index (χ1n) is 6.26. The van der Waals surface area contributed by atoms with E-state index < -0.39 is 11.7 Å². The molecule has 0 heterocycles. The number of allylic oxidation sites excluding steroid dienone is 2. The maximum Gasteiger partial charge on any atom is 0.416 e. The minimum atomic E-state index is -4.30. The first-order valence-corrected chi connectivity index (χ1v) is 6.26. The van der Waals surface area contributed by atoms with E-state index in [0.717, 1.165) is 24.1 Å². The SMILES string of the molecule is N#C[C@H]1[C@@H](c2ccc(C(F)(F)F)cc2)[C@@H]2C=C[C@H]1C2. The molecule has 0 aliphatic heterocycles. The van der Waals surface area contributed by atoms with Crippen LogP contribution in [-0.4, -0.2) is 0 Å². The number of rotatable bonds is 1. The summed E-state index contributed by atoms with van der Waals surface area (Å²) in [6.45, 7) is 0. The van der Waals surface area contributed by atoms with Crippen molar-refractivity contribution in [2.24, 2.45) is 17.8 Å². The minimum Gasteiger partial charge on any atom is -0.198 e. The number of nitriles is 1. The molecule has 3 rings (SSSR count). The van der Waals surface area contributed by atoms with Crippen LogP contribution in [0.25, 0.3) is 0 Å². The van der Waals surface area contributed by atoms with Crippen molar-refractivity contribution < 1.29 is 13.2 Å². The molecule has 1 aromatic rings. The number of benzene rings is 1. The molecule has 0 aromatic heterocycles. The zero-order valence-corrected chi connectivity index (χ0v) is 10.1. The summed E-state index contributed by atoms with van der Waals surface area (Å²) >= 11 is 0. The van der Waals surface area contributed by atoms with Gasteiger partial charge >= 0.3 is 6.18 Å². The Kier molecular flexibility index (Phi) is 2.67. The summed E-state index contributed by atoms with van der Waals surface area (Å²) in [7, 11) is 0. The molecule has 0 radical (unpaired) electrons. The second kappa shape index (κ2) is 4.12. The molecule has 0 unspecified atom stereocenters. The Balaban J connectivity index is 1.91. The lowest BCUT2D eigenvalue weighted by Gasteiger charge is -2.23. The molecule has 4 atom stereocenters. The van der Waals surface area contributed by atoms with Gasteiger partial charge in [0.1, 0.15) is 0 Å². The number of alkyl halides is 3. The monoisotopic (exact) mass is 263 g/mol. The molecule has 4 heteroatoms. The summed E-state index contributed by atoms with van der Waals surface area (Å²) in [5.74, 6) is 0.502. The summed E-state index contributed by atoms with van der Waals surface area (Å²) < 4.78 is 37.6. The number of nitrogens with zero attached hydrogens (tertiary/aromatic N) is 1. The highest BCUT2D eigenvalue weighted by Crippen LogP contribution is 2.52. The molecule has 0 spiro atoms. The van der Waals surface area contributed by atoms with E-state index in [9.17, 15) is 18.4 Å². The van der Waals surface area contributed by atoms with E-state index in [2.05, 4.69) is 18.2 Å². The molecule has 1 aromatic carbocycles. The second-order valence-corrected chi connectivity index (χ2v) is 5.25. The quantitative estimate of drug-likeness (QED) is 0.699. The van der Waals surface area contributed by atoms with Gasteiger partial charge in [0, 0.05) is 5.92 Å². The zero-order chi connectivity index (χ0) is 13.6. The zero-order valence-electron chi connectivity index (χ0n) is 10.1. The van der Waals surface area contributed by atoms with Crippen LogP contribution in [0.15, 0.2) is 36.4 Å². The fourth-order valence-corrected chi connectivity index (χ4v) is 3.35. The molecular weight excluding hydrogens is 251 g/mol. The van der Waals surface area contributed by atoms with Crippen molar-refractivity contribution in [2.45, 2.75) is 18.5 Å². The van der Waals surface area contributed by atoms with E-state index in [0.29, 0.717) is 5.92 Å². The van der Waals surface area contributed by atoms with Gasteiger partial charge in [0.2, 0.25) is 0 Å². The second-order valence-electron chi connectivity index (χ2n) is 5.25. The third-order valence-corrected chi connectivity index (χ3v) is 4.23. The Morgan fingerprint density at radius 1 is 1.05 bits per heavy atom. The lowest BCUT2D eigenvalue weighted by atomic mass is 9.79. The fourth-order valence-electron chi connectivity index (χ4n) is 3.35. The highest BCUT2D eigenvalue weighted by molar-refractivity contribution is 5.34. The normalized spacial score (nSPS) is 32.5. The molecule has 2 aliphatic carbocycles. The standard InChI is InChI=1S/C15H12F3N/c16-15(17,18)12-5-3-9(4-6-12)14-11-2-1-10(7-11)13(14)8-19/h1-6,10-11,13-14H,7H2/t10-,11+,13+,14-/m0/s1. The van der Waals surface area contributed by atoms with Gasteiger partial charge in [-0.15, -0.1) is 0 Å². The number of fused-ring (bicyclic) bond motifs is 2. The van der Waals surface area contributed by atoms with Crippen LogP contribution in [0.2, 0.25) is 0 Å². The van der Waals surface area contributed by atoms with E-state index >= 15 is 0 Å². The van der Waals surface area contributed by atoms with Crippen molar-refractivity contribution in [3.05, 3.63) is 47.5 Å². The summed E-state index contributed by atoms with van der Waals surface area (Å²) in [5.41, 5.74) is 0.208. The smallest absolute Gasteiger partial charge is 0.198 e. The van der Waals surface area contributed by atoms with Crippen molar-refractivity contribution in [1.82, 2.24) is 0 Å². The van der Waals surface area contributed by atoms with Crippen LogP contribution < -0.4 is 0 Å². The number of halogens is 3. The topological polar surface area (TPSA) is 23.8 Å². The summed E-state index contributed by atoms with van der Waals surface area (Å²) in [6, 6.07) is 7.58. The molecule has 0 N–H and O–H groups in total. The lowest BCUT2D eigenvalue weighted by molar-refractivity contribution is -0.137. The van der Waals surface area contributed by atoms with Crippen molar-refractivity contribution in [3.63, 3.8) is 0 Å². The molecule has 2 aliphatic rings. The van der Waals surface area contributed by atoms with Gasteiger partial charge in [-0.1, -0.05) is 24.3 Å².